The lowest BCUT2D eigenvalue weighted by Gasteiger charge is -2.40. The Labute approximate surface area is 150 Å². The van der Waals surface area contributed by atoms with Gasteiger partial charge >= 0.3 is 0 Å². The van der Waals surface area contributed by atoms with Gasteiger partial charge in [0, 0.05) is 44.6 Å². The van der Waals surface area contributed by atoms with Crippen LogP contribution in [0.3, 0.4) is 0 Å². The number of hydrogen-bond acceptors (Lipinski definition) is 3. The molecule has 6 heteroatoms. The van der Waals surface area contributed by atoms with E-state index in [9.17, 15) is 14.4 Å². The van der Waals surface area contributed by atoms with Crippen molar-refractivity contribution >= 4 is 17.7 Å². The lowest BCUT2D eigenvalue weighted by molar-refractivity contribution is -0.145. The molecule has 0 radical (unpaired) electrons. The number of likely N-dealkylation sites (N-methyl/N-ethyl adjacent to an activating group) is 1. The topological polar surface area (TPSA) is 60.9 Å². The summed E-state index contributed by atoms with van der Waals surface area (Å²) < 4.78 is 0. The Hall–Kier alpha value is -1.59. The van der Waals surface area contributed by atoms with E-state index in [0.717, 1.165) is 25.8 Å². The molecule has 140 valence electrons. The molecular weight excluding hydrogens is 318 g/mol. The van der Waals surface area contributed by atoms with Crippen molar-refractivity contribution < 1.29 is 14.4 Å². The molecule has 0 aromatic carbocycles. The average Bonchev–Trinajstić information content (AvgIpc) is 3.19. The lowest BCUT2D eigenvalue weighted by Crippen LogP contribution is -2.55. The van der Waals surface area contributed by atoms with Crippen LogP contribution >= 0.6 is 0 Å². The molecule has 0 aromatic heterocycles. The Morgan fingerprint density at radius 1 is 1.24 bits per heavy atom. The van der Waals surface area contributed by atoms with Gasteiger partial charge in [-0.1, -0.05) is 6.92 Å². The number of carbonyl (C=O) groups excluding carboxylic acids is 3. The third-order valence-electron chi connectivity index (χ3n) is 6.13. The van der Waals surface area contributed by atoms with Crippen molar-refractivity contribution in [2.75, 3.05) is 20.1 Å². The van der Waals surface area contributed by atoms with Crippen LogP contribution < -0.4 is 0 Å². The fourth-order valence-corrected chi connectivity index (χ4v) is 4.38. The monoisotopic (exact) mass is 349 g/mol. The van der Waals surface area contributed by atoms with Gasteiger partial charge in [0.1, 0.15) is 6.04 Å². The van der Waals surface area contributed by atoms with E-state index in [1.165, 1.54) is 0 Å². The molecule has 25 heavy (non-hydrogen) atoms. The largest absolute Gasteiger partial charge is 0.341 e. The van der Waals surface area contributed by atoms with E-state index < -0.39 is 0 Å². The van der Waals surface area contributed by atoms with Crippen molar-refractivity contribution in [2.24, 2.45) is 11.8 Å². The molecular formula is C19H31N3O3. The fourth-order valence-electron chi connectivity index (χ4n) is 4.38. The Morgan fingerprint density at radius 2 is 1.92 bits per heavy atom. The molecule has 1 unspecified atom stereocenters. The zero-order chi connectivity index (χ0) is 18.3. The normalized spacial score (nSPS) is 32.3. The number of carbonyl (C=O) groups is 3. The van der Waals surface area contributed by atoms with Crippen LogP contribution in [-0.2, 0) is 14.4 Å². The Kier molecular flexibility index (Phi) is 5.07. The SMILES string of the molecule is CC(C)N1C(=O)CC[C@H]1C(=O)N1CCCC(N(C)C(=O)[C@@H]2C[C@H]2C)C1. The molecule has 0 aromatic rings. The summed E-state index contributed by atoms with van der Waals surface area (Å²) in [5, 5.41) is 0. The molecule has 0 N–H and O–H groups in total. The first kappa shape index (κ1) is 18.2. The fraction of sp³-hybridized carbons (Fsp3) is 0.842. The minimum atomic E-state index is -0.323. The van der Waals surface area contributed by atoms with E-state index >= 15 is 0 Å². The van der Waals surface area contributed by atoms with Gasteiger partial charge < -0.3 is 14.7 Å². The highest BCUT2D eigenvalue weighted by Gasteiger charge is 2.44. The Balaban J connectivity index is 1.63. The van der Waals surface area contributed by atoms with Crippen LogP contribution in [0.4, 0.5) is 0 Å². The maximum Gasteiger partial charge on any atom is 0.245 e. The predicted molar refractivity (Wildman–Crippen MR) is 94.6 cm³/mol. The molecule has 3 fully saturated rings. The van der Waals surface area contributed by atoms with Crippen LogP contribution in [0.2, 0.25) is 0 Å². The van der Waals surface area contributed by atoms with Crippen LogP contribution in [-0.4, -0.2) is 70.7 Å². The average molecular weight is 349 g/mol. The van der Waals surface area contributed by atoms with Gasteiger partial charge in [0.25, 0.3) is 0 Å². The summed E-state index contributed by atoms with van der Waals surface area (Å²) in [6.45, 7) is 7.37. The second-order valence-corrected chi connectivity index (χ2v) is 8.30. The van der Waals surface area contributed by atoms with Crippen LogP contribution in [0.15, 0.2) is 0 Å². The summed E-state index contributed by atoms with van der Waals surface area (Å²) in [5.74, 6) is 1.05. The van der Waals surface area contributed by atoms with Gasteiger partial charge in [-0.15, -0.1) is 0 Å². The van der Waals surface area contributed by atoms with Crippen molar-refractivity contribution in [3.63, 3.8) is 0 Å². The number of hydrogen-bond donors (Lipinski definition) is 0. The molecule has 4 atom stereocenters. The van der Waals surface area contributed by atoms with E-state index in [-0.39, 0.29) is 41.8 Å². The number of piperidine rings is 1. The van der Waals surface area contributed by atoms with Crippen molar-refractivity contribution in [1.82, 2.24) is 14.7 Å². The van der Waals surface area contributed by atoms with Crippen LogP contribution in [0, 0.1) is 11.8 Å². The molecule has 3 aliphatic rings. The van der Waals surface area contributed by atoms with Gasteiger partial charge in [0.05, 0.1) is 0 Å². The van der Waals surface area contributed by atoms with Gasteiger partial charge in [0.15, 0.2) is 0 Å². The standard InChI is InChI=1S/C19H31N3O3/c1-12(2)22-16(7-8-17(22)23)19(25)21-9-5-6-14(11-21)20(4)18(24)15-10-13(15)3/h12-16H,5-11H2,1-4H3/t13-,14?,15-,16+/m1/s1. The smallest absolute Gasteiger partial charge is 0.245 e. The van der Waals surface area contributed by atoms with Crippen molar-refractivity contribution in [1.29, 1.82) is 0 Å². The van der Waals surface area contributed by atoms with Gasteiger partial charge in [0.2, 0.25) is 17.7 Å². The Morgan fingerprint density at radius 3 is 2.52 bits per heavy atom. The quantitative estimate of drug-likeness (QED) is 0.773. The highest BCUT2D eigenvalue weighted by Crippen LogP contribution is 2.39. The predicted octanol–water partition coefficient (Wildman–Crippen LogP) is 1.49. The second kappa shape index (κ2) is 6.96. The van der Waals surface area contributed by atoms with E-state index in [2.05, 4.69) is 6.92 Å². The Bertz CT molecular complexity index is 562. The molecule has 1 saturated carbocycles. The molecule has 3 rings (SSSR count). The van der Waals surface area contributed by atoms with Gasteiger partial charge in [-0.3, -0.25) is 14.4 Å². The van der Waals surface area contributed by atoms with E-state index in [1.54, 1.807) is 4.90 Å². The zero-order valence-electron chi connectivity index (χ0n) is 15.9. The molecule has 6 nitrogen and oxygen atoms in total. The van der Waals surface area contributed by atoms with Crippen LogP contribution in [0.1, 0.15) is 52.9 Å². The highest BCUT2D eigenvalue weighted by molar-refractivity contribution is 5.91. The highest BCUT2D eigenvalue weighted by atomic mass is 16.2. The van der Waals surface area contributed by atoms with Crippen molar-refractivity contribution in [3.8, 4) is 0 Å². The minimum Gasteiger partial charge on any atom is -0.341 e. The molecule has 2 heterocycles. The van der Waals surface area contributed by atoms with Gasteiger partial charge in [-0.2, -0.15) is 0 Å². The first-order valence-corrected chi connectivity index (χ1v) is 9.67. The van der Waals surface area contributed by atoms with Crippen molar-refractivity contribution in [3.05, 3.63) is 0 Å². The van der Waals surface area contributed by atoms with Gasteiger partial charge in [-0.05, 0) is 45.4 Å². The summed E-state index contributed by atoms with van der Waals surface area (Å²) in [7, 11) is 1.88. The zero-order valence-corrected chi connectivity index (χ0v) is 15.9. The van der Waals surface area contributed by atoms with Crippen LogP contribution in [0.5, 0.6) is 0 Å². The first-order valence-electron chi connectivity index (χ1n) is 9.67. The molecule has 2 saturated heterocycles. The summed E-state index contributed by atoms with van der Waals surface area (Å²) >= 11 is 0. The molecule has 3 amide bonds. The molecule has 0 spiro atoms. The number of rotatable bonds is 4. The summed E-state index contributed by atoms with van der Waals surface area (Å²) in [4.78, 5) is 43.1. The summed E-state index contributed by atoms with van der Waals surface area (Å²) in [6.07, 6.45) is 3.93. The maximum atomic E-state index is 13.0. The molecule has 1 aliphatic carbocycles. The lowest BCUT2D eigenvalue weighted by atomic mass is 10.0. The summed E-state index contributed by atoms with van der Waals surface area (Å²) in [5.41, 5.74) is 0. The number of amides is 3. The van der Waals surface area contributed by atoms with E-state index in [4.69, 9.17) is 0 Å². The maximum absolute atomic E-state index is 13.0. The van der Waals surface area contributed by atoms with Crippen LogP contribution in [0.25, 0.3) is 0 Å². The number of nitrogens with zero attached hydrogens (tertiary/aromatic N) is 3. The first-order chi connectivity index (χ1) is 11.8. The minimum absolute atomic E-state index is 0.0464. The third kappa shape index (κ3) is 3.53. The molecule has 0 bridgehead atoms. The van der Waals surface area contributed by atoms with Crippen molar-refractivity contribution in [2.45, 2.75) is 71.0 Å². The van der Waals surface area contributed by atoms with E-state index in [0.29, 0.717) is 25.3 Å². The molecule has 2 aliphatic heterocycles. The second-order valence-electron chi connectivity index (χ2n) is 8.30. The summed E-state index contributed by atoms with van der Waals surface area (Å²) in [6, 6.07) is -0.177. The number of likely N-dealkylation sites (tertiary alicyclic amines) is 2. The van der Waals surface area contributed by atoms with E-state index in [1.807, 2.05) is 30.7 Å². The van der Waals surface area contributed by atoms with Gasteiger partial charge in [-0.25, -0.2) is 0 Å². The third-order valence-corrected chi connectivity index (χ3v) is 6.13.